The summed E-state index contributed by atoms with van der Waals surface area (Å²) in [4.78, 5) is 14.7. The van der Waals surface area contributed by atoms with Gasteiger partial charge in [-0.2, -0.15) is 10.1 Å². The second kappa shape index (κ2) is 5.17. The molecule has 0 atom stereocenters. The summed E-state index contributed by atoms with van der Waals surface area (Å²) in [5.74, 6) is 1.05. The van der Waals surface area contributed by atoms with Gasteiger partial charge in [0.15, 0.2) is 5.82 Å². The van der Waals surface area contributed by atoms with E-state index in [1.54, 1.807) is 13.8 Å². The smallest absolute Gasteiger partial charge is 0.312 e. The van der Waals surface area contributed by atoms with Crippen molar-refractivity contribution in [3.8, 4) is 0 Å². The zero-order valence-corrected chi connectivity index (χ0v) is 11.1. The SMILES string of the molecule is CCCc1noc(Cn2nc(C)c([N+](=O)[O-])c2C)n1. The van der Waals surface area contributed by atoms with E-state index in [1.165, 1.54) is 4.68 Å². The van der Waals surface area contributed by atoms with E-state index in [9.17, 15) is 10.1 Å². The lowest BCUT2D eigenvalue weighted by molar-refractivity contribution is -0.386. The number of hydrogen-bond donors (Lipinski definition) is 0. The highest BCUT2D eigenvalue weighted by Crippen LogP contribution is 2.22. The Morgan fingerprint density at radius 1 is 1.42 bits per heavy atom. The summed E-state index contributed by atoms with van der Waals surface area (Å²) in [6.45, 7) is 5.54. The number of rotatable bonds is 5. The first-order valence-electron chi connectivity index (χ1n) is 6.02. The molecular formula is C11H15N5O3. The van der Waals surface area contributed by atoms with Crippen LogP contribution in [0.5, 0.6) is 0 Å². The largest absolute Gasteiger partial charge is 0.337 e. The number of hydrogen-bond acceptors (Lipinski definition) is 6. The van der Waals surface area contributed by atoms with E-state index >= 15 is 0 Å². The summed E-state index contributed by atoms with van der Waals surface area (Å²) in [6.07, 6.45) is 1.69. The number of nitrogens with zero attached hydrogens (tertiary/aromatic N) is 5. The average Bonchev–Trinajstić information content (AvgIpc) is 2.86. The summed E-state index contributed by atoms with van der Waals surface area (Å²) in [5, 5.41) is 18.9. The van der Waals surface area contributed by atoms with Crippen LogP contribution in [0, 0.1) is 24.0 Å². The van der Waals surface area contributed by atoms with Gasteiger partial charge in [-0.05, 0) is 20.3 Å². The fourth-order valence-corrected chi connectivity index (χ4v) is 1.91. The van der Waals surface area contributed by atoms with E-state index in [2.05, 4.69) is 15.2 Å². The second-order valence-corrected chi connectivity index (χ2v) is 4.29. The molecule has 0 aliphatic carbocycles. The molecule has 102 valence electrons. The molecule has 0 aliphatic heterocycles. The van der Waals surface area contributed by atoms with Crippen LogP contribution in [0.1, 0.15) is 36.4 Å². The fraction of sp³-hybridized carbons (Fsp3) is 0.545. The number of aryl methyl sites for hydroxylation is 2. The molecule has 2 aromatic heterocycles. The molecule has 0 spiro atoms. The fourth-order valence-electron chi connectivity index (χ4n) is 1.91. The average molecular weight is 265 g/mol. The Morgan fingerprint density at radius 2 is 2.16 bits per heavy atom. The predicted octanol–water partition coefficient (Wildman–Crippen LogP) is 1.79. The van der Waals surface area contributed by atoms with Crippen LogP contribution < -0.4 is 0 Å². The Bertz CT molecular complexity index is 601. The van der Waals surface area contributed by atoms with Crippen molar-refractivity contribution in [2.45, 2.75) is 40.2 Å². The third-order valence-electron chi connectivity index (χ3n) is 2.79. The summed E-state index contributed by atoms with van der Waals surface area (Å²) in [5.41, 5.74) is 0.904. The summed E-state index contributed by atoms with van der Waals surface area (Å²) in [6, 6.07) is 0. The molecule has 0 aliphatic rings. The van der Waals surface area contributed by atoms with E-state index in [4.69, 9.17) is 4.52 Å². The van der Waals surface area contributed by atoms with Crippen molar-refractivity contribution in [3.63, 3.8) is 0 Å². The molecule has 0 radical (unpaired) electrons. The number of aromatic nitrogens is 4. The third kappa shape index (κ3) is 2.61. The second-order valence-electron chi connectivity index (χ2n) is 4.29. The van der Waals surface area contributed by atoms with E-state index in [-0.39, 0.29) is 12.2 Å². The molecule has 8 heteroatoms. The van der Waals surface area contributed by atoms with Crippen molar-refractivity contribution in [1.29, 1.82) is 0 Å². The minimum absolute atomic E-state index is 0.0355. The predicted molar refractivity (Wildman–Crippen MR) is 65.8 cm³/mol. The Balaban J connectivity index is 2.23. The number of nitro groups is 1. The van der Waals surface area contributed by atoms with Crippen LogP contribution in [0.15, 0.2) is 4.52 Å². The van der Waals surface area contributed by atoms with Crippen LogP contribution in [-0.2, 0) is 13.0 Å². The van der Waals surface area contributed by atoms with Crippen molar-refractivity contribution in [2.75, 3.05) is 0 Å². The van der Waals surface area contributed by atoms with Crippen LogP contribution in [-0.4, -0.2) is 24.8 Å². The van der Waals surface area contributed by atoms with Gasteiger partial charge in [-0.15, -0.1) is 0 Å². The van der Waals surface area contributed by atoms with Crippen LogP contribution >= 0.6 is 0 Å². The summed E-state index contributed by atoms with van der Waals surface area (Å²) in [7, 11) is 0. The van der Waals surface area contributed by atoms with Crippen LogP contribution in [0.3, 0.4) is 0 Å². The first-order chi connectivity index (χ1) is 9.02. The molecule has 0 unspecified atom stereocenters. The lowest BCUT2D eigenvalue weighted by atomic mass is 10.3. The first-order valence-corrected chi connectivity index (χ1v) is 6.02. The maximum Gasteiger partial charge on any atom is 0.312 e. The molecule has 0 saturated heterocycles. The van der Waals surface area contributed by atoms with E-state index in [0.29, 0.717) is 23.1 Å². The van der Waals surface area contributed by atoms with Crippen molar-refractivity contribution < 1.29 is 9.45 Å². The van der Waals surface area contributed by atoms with Crippen molar-refractivity contribution in [3.05, 3.63) is 33.2 Å². The van der Waals surface area contributed by atoms with Gasteiger partial charge in [-0.1, -0.05) is 12.1 Å². The van der Waals surface area contributed by atoms with Gasteiger partial charge in [-0.3, -0.25) is 14.8 Å². The zero-order chi connectivity index (χ0) is 14.0. The third-order valence-corrected chi connectivity index (χ3v) is 2.79. The summed E-state index contributed by atoms with van der Waals surface area (Å²) < 4.78 is 6.60. The molecule has 0 fully saturated rings. The maximum atomic E-state index is 10.9. The van der Waals surface area contributed by atoms with Crippen LogP contribution in [0.2, 0.25) is 0 Å². The molecule has 0 aromatic carbocycles. The molecule has 0 bridgehead atoms. The van der Waals surface area contributed by atoms with Crippen LogP contribution in [0.4, 0.5) is 5.69 Å². The molecule has 2 aromatic rings. The minimum atomic E-state index is -0.426. The first kappa shape index (κ1) is 13.2. The zero-order valence-electron chi connectivity index (χ0n) is 11.1. The van der Waals surface area contributed by atoms with Gasteiger partial charge in [0.2, 0.25) is 5.89 Å². The molecule has 0 amide bonds. The highest BCUT2D eigenvalue weighted by molar-refractivity contribution is 5.39. The van der Waals surface area contributed by atoms with E-state index in [1.807, 2.05) is 6.92 Å². The maximum absolute atomic E-state index is 10.9. The van der Waals surface area contributed by atoms with Gasteiger partial charge in [0.05, 0.1) is 4.92 Å². The Labute approximate surface area is 109 Å². The van der Waals surface area contributed by atoms with Gasteiger partial charge >= 0.3 is 5.69 Å². The van der Waals surface area contributed by atoms with E-state index < -0.39 is 4.92 Å². The molecule has 0 N–H and O–H groups in total. The molecule has 19 heavy (non-hydrogen) atoms. The summed E-state index contributed by atoms with van der Waals surface area (Å²) >= 11 is 0. The Hall–Kier alpha value is -2.25. The topological polar surface area (TPSA) is 99.9 Å². The van der Waals surface area contributed by atoms with Gasteiger partial charge < -0.3 is 4.52 Å². The quantitative estimate of drug-likeness (QED) is 0.603. The van der Waals surface area contributed by atoms with Gasteiger partial charge in [0.25, 0.3) is 0 Å². The highest BCUT2D eigenvalue weighted by Gasteiger charge is 2.22. The van der Waals surface area contributed by atoms with Crippen molar-refractivity contribution in [2.24, 2.45) is 0 Å². The monoisotopic (exact) mass is 265 g/mol. The van der Waals surface area contributed by atoms with Gasteiger partial charge in [0.1, 0.15) is 17.9 Å². The lowest BCUT2D eigenvalue weighted by Gasteiger charge is -1.98. The lowest BCUT2D eigenvalue weighted by Crippen LogP contribution is -2.05. The minimum Gasteiger partial charge on any atom is -0.337 e. The Morgan fingerprint density at radius 3 is 2.74 bits per heavy atom. The molecule has 0 saturated carbocycles. The van der Waals surface area contributed by atoms with Crippen molar-refractivity contribution in [1.82, 2.24) is 19.9 Å². The van der Waals surface area contributed by atoms with Crippen molar-refractivity contribution >= 4 is 5.69 Å². The molecule has 2 heterocycles. The van der Waals surface area contributed by atoms with E-state index in [0.717, 1.165) is 12.8 Å². The molecular weight excluding hydrogens is 250 g/mol. The normalized spacial score (nSPS) is 10.9. The Kier molecular flexibility index (Phi) is 3.59. The standard InChI is InChI=1S/C11H15N5O3/c1-4-5-9-12-10(19-14-9)6-15-8(3)11(16(17)18)7(2)13-15/h4-6H2,1-3H3. The van der Waals surface area contributed by atoms with Gasteiger partial charge in [-0.25, -0.2) is 0 Å². The molecule has 8 nitrogen and oxygen atoms in total. The van der Waals surface area contributed by atoms with Crippen LogP contribution in [0.25, 0.3) is 0 Å². The highest BCUT2D eigenvalue weighted by atomic mass is 16.6. The molecule has 2 rings (SSSR count). The van der Waals surface area contributed by atoms with Gasteiger partial charge in [0, 0.05) is 6.42 Å².